The number of nitrogens with zero attached hydrogens (tertiary/aromatic N) is 2. The van der Waals surface area contributed by atoms with Gasteiger partial charge in [0.05, 0.1) is 19.8 Å². The maximum absolute atomic E-state index is 12.4. The molecule has 2 N–H and O–H groups in total. The summed E-state index contributed by atoms with van der Waals surface area (Å²) < 4.78 is 36.0. The van der Waals surface area contributed by atoms with Gasteiger partial charge in [0.25, 0.3) is 15.9 Å². The summed E-state index contributed by atoms with van der Waals surface area (Å²) >= 11 is 0. The molecule has 1 saturated heterocycles. The number of benzene rings is 1. The number of carbonyl (C=O) groups excluding carboxylic acids is 2. The summed E-state index contributed by atoms with van der Waals surface area (Å²) in [6.45, 7) is 2.80. The monoisotopic (exact) mass is 436 g/mol. The van der Waals surface area contributed by atoms with E-state index in [-0.39, 0.29) is 23.3 Å². The first-order chi connectivity index (χ1) is 14.3. The summed E-state index contributed by atoms with van der Waals surface area (Å²) in [5.74, 6) is -1.17. The molecule has 0 radical (unpaired) electrons. The minimum Gasteiger partial charge on any atom is -0.438 e. The van der Waals surface area contributed by atoms with Crippen LogP contribution in [0, 0.1) is 0 Å². The number of amides is 2. The van der Waals surface area contributed by atoms with Crippen LogP contribution in [0.2, 0.25) is 0 Å². The molecule has 10 nitrogen and oxygen atoms in total. The SMILES string of the molecule is CNS(=O)(=O)c1ccc(C(=O)N(C)CC(=O)Nc2ccc(N3CCOCC3)cc2)o1. The molecular formula is C19H24N4O6S. The van der Waals surface area contributed by atoms with Crippen LogP contribution in [-0.2, 0) is 19.6 Å². The Labute approximate surface area is 174 Å². The molecule has 0 saturated carbocycles. The van der Waals surface area contributed by atoms with Crippen molar-refractivity contribution in [1.82, 2.24) is 9.62 Å². The molecule has 30 heavy (non-hydrogen) atoms. The largest absolute Gasteiger partial charge is 0.438 e. The highest BCUT2D eigenvalue weighted by Crippen LogP contribution is 2.19. The zero-order valence-electron chi connectivity index (χ0n) is 16.8. The maximum Gasteiger partial charge on any atom is 0.289 e. The molecule has 0 aliphatic carbocycles. The summed E-state index contributed by atoms with van der Waals surface area (Å²) in [7, 11) is -1.12. The average molecular weight is 436 g/mol. The van der Waals surface area contributed by atoms with Crippen molar-refractivity contribution < 1.29 is 27.2 Å². The van der Waals surface area contributed by atoms with E-state index < -0.39 is 15.9 Å². The Kier molecular flexibility index (Phi) is 6.75. The summed E-state index contributed by atoms with van der Waals surface area (Å²) in [6, 6.07) is 9.87. The van der Waals surface area contributed by atoms with Crippen molar-refractivity contribution in [1.29, 1.82) is 0 Å². The number of carbonyl (C=O) groups is 2. The van der Waals surface area contributed by atoms with Gasteiger partial charge in [-0.05, 0) is 43.4 Å². The third-order valence-electron chi connectivity index (χ3n) is 4.58. The van der Waals surface area contributed by atoms with E-state index in [1.165, 1.54) is 26.2 Å². The number of hydrogen-bond acceptors (Lipinski definition) is 7. The van der Waals surface area contributed by atoms with Gasteiger partial charge in [0.1, 0.15) is 0 Å². The fourth-order valence-electron chi connectivity index (χ4n) is 2.93. The Hall–Kier alpha value is -2.89. The van der Waals surface area contributed by atoms with E-state index in [2.05, 4.69) is 14.9 Å². The number of furan rings is 1. The van der Waals surface area contributed by atoms with Gasteiger partial charge in [0.15, 0.2) is 5.76 Å². The fraction of sp³-hybridized carbons (Fsp3) is 0.368. The van der Waals surface area contributed by atoms with E-state index in [0.717, 1.165) is 23.7 Å². The van der Waals surface area contributed by atoms with Crippen LogP contribution in [0.5, 0.6) is 0 Å². The molecule has 1 aromatic heterocycles. The smallest absolute Gasteiger partial charge is 0.289 e. The van der Waals surface area contributed by atoms with E-state index in [0.29, 0.717) is 18.9 Å². The first-order valence-corrected chi connectivity index (χ1v) is 10.8. The van der Waals surface area contributed by atoms with Gasteiger partial charge < -0.3 is 24.3 Å². The second-order valence-corrected chi connectivity index (χ2v) is 8.50. The van der Waals surface area contributed by atoms with Crippen LogP contribution in [0.4, 0.5) is 11.4 Å². The van der Waals surface area contributed by atoms with Gasteiger partial charge >= 0.3 is 0 Å². The lowest BCUT2D eigenvalue weighted by Crippen LogP contribution is -2.36. The van der Waals surface area contributed by atoms with E-state index >= 15 is 0 Å². The molecule has 0 unspecified atom stereocenters. The molecule has 2 heterocycles. The summed E-state index contributed by atoms with van der Waals surface area (Å²) in [5, 5.41) is 2.37. The molecule has 3 rings (SSSR count). The summed E-state index contributed by atoms with van der Waals surface area (Å²) in [6.07, 6.45) is 0. The van der Waals surface area contributed by atoms with E-state index in [1.807, 2.05) is 12.1 Å². The predicted molar refractivity (Wildman–Crippen MR) is 110 cm³/mol. The zero-order chi connectivity index (χ0) is 21.7. The molecule has 1 aliphatic heterocycles. The Morgan fingerprint density at radius 3 is 2.40 bits per heavy atom. The Morgan fingerprint density at radius 2 is 1.77 bits per heavy atom. The quantitative estimate of drug-likeness (QED) is 0.656. The van der Waals surface area contributed by atoms with E-state index in [1.54, 1.807) is 12.1 Å². The maximum atomic E-state index is 12.4. The molecule has 0 spiro atoms. The van der Waals surface area contributed by atoms with Gasteiger partial charge in [-0.3, -0.25) is 9.59 Å². The average Bonchev–Trinajstić information content (AvgIpc) is 3.25. The van der Waals surface area contributed by atoms with Crippen LogP contribution < -0.4 is 14.9 Å². The molecule has 1 aromatic carbocycles. The third-order valence-corrected chi connectivity index (χ3v) is 5.87. The Balaban J connectivity index is 1.55. The van der Waals surface area contributed by atoms with Gasteiger partial charge in [-0.2, -0.15) is 0 Å². The minimum atomic E-state index is -3.79. The number of morpholine rings is 1. The van der Waals surface area contributed by atoms with E-state index in [9.17, 15) is 18.0 Å². The molecule has 2 amide bonds. The van der Waals surface area contributed by atoms with Gasteiger partial charge in [-0.1, -0.05) is 0 Å². The highest BCUT2D eigenvalue weighted by Gasteiger charge is 2.22. The highest BCUT2D eigenvalue weighted by molar-refractivity contribution is 7.89. The lowest BCUT2D eigenvalue weighted by Gasteiger charge is -2.28. The number of anilines is 2. The van der Waals surface area contributed by atoms with Gasteiger partial charge in [-0.15, -0.1) is 0 Å². The lowest BCUT2D eigenvalue weighted by molar-refractivity contribution is -0.116. The molecule has 162 valence electrons. The number of ether oxygens (including phenoxy) is 1. The zero-order valence-corrected chi connectivity index (χ0v) is 17.6. The number of hydrogen-bond donors (Lipinski definition) is 2. The van der Waals surface area contributed by atoms with Crippen molar-refractivity contribution in [3.8, 4) is 0 Å². The standard InChI is InChI=1S/C19H24N4O6S/c1-20-30(26,27)18-8-7-16(29-18)19(25)22(2)13-17(24)21-14-3-5-15(6-4-14)23-9-11-28-12-10-23/h3-8,20H,9-13H2,1-2H3,(H,21,24). The Morgan fingerprint density at radius 1 is 1.10 bits per heavy atom. The van der Waals surface area contributed by atoms with Crippen molar-refractivity contribution in [3.05, 3.63) is 42.2 Å². The van der Waals surface area contributed by atoms with Crippen molar-refractivity contribution in [2.24, 2.45) is 0 Å². The van der Waals surface area contributed by atoms with Crippen LogP contribution in [0.3, 0.4) is 0 Å². The number of nitrogens with one attached hydrogen (secondary N) is 2. The normalized spacial score (nSPS) is 14.4. The van der Waals surface area contributed by atoms with Crippen molar-refractivity contribution >= 4 is 33.2 Å². The second-order valence-electron chi connectivity index (χ2n) is 6.68. The molecule has 11 heteroatoms. The Bertz CT molecular complexity index is 996. The van der Waals surface area contributed by atoms with Gasteiger partial charge in [0, 0.05) is 31.5 Å². The summed E-state index contributed by atoms with van der Waals surface area (Å²) in [5.41, 5.74) is 1.66. The van der Waals surface area contributed by atoms with Crippen LogP contribution in [0.15, 0.2) is 45.9 Å². The number of sulfonamides is 1. The lowest BCUT2D eigenvalue weighted by atomic mass is 10.2. The number of rotatable bonds is 7. The van der Waals surface area contributed by atoms with E-state index in [4.69, 9.17) is 9.15 Å². The molecular weight excluding hydrogens is 412 g/mol. The predicted octanol–water partition coefficient (Wildman–Crippen LogP) is 0.735. The van der Waals surface area contributed by atoms with Crippen LogP contribution in [-0.4, -0.2) is 72.1 Å². The minimum absolute atomic E-state index is 0.172. The molecule has 0 atom stereocenters. The topological polar surface area (TPSA) is 121 Å². The highest BCUT2D eigenvalue weighted by atomic mass is 32.2. The molecule has 1 fully saturated rings. The van der Waals surface area contributed by atoms with Crippen LogP contribution >= 0.6 is 0 Å². The first-order valence-electron chi connectivity index (χ1n) is 9.31. The molecule has 0 bridgehead atoms. The van der Waals surface area contributed by atoms with Crippen molar-refractivity contribution in [2.45, 2.75) is 5.09 Å². The van der Waals surface area contributed by atoms with Crippen LogP contribution in [0.1, 0.15) is 10.6 Å². The fourth-order valence-corrected chi connectivity index (χ4v) is 3.58. The second kappa shape index (κ2) is 9.28. The molecule has 1 aliphatic rings. The first kappa shape index (κ1) is 21.8. The van der Waals surface area contributed by atoms with Gasteiger partial charge in [0.2, 0.25) is 11.0 Å². The molecule has 2 aromatic rings. The van der Waals surface area contributed by atoms with Crippen LogP contribution in [0.25, 0.3) is 0 Å². The van der Waals surface area contributed by atoms with Crippen molar-refractivity contribution in [3.63, 3.8) is 0 Å². The third kappa shape index (κ3) is 5.17. The summed E-state index contributed by atoms with van der Waals surface area (Å²) in [4.78, 5) is 28.0. The number of likely N-dealkylation sites (N-methyl/N-ethyl adjacent to an activating group) is 1. The van der Waals surface area contributed by atoms with Crippen molar-refractivity contribution in [2.75, 3.05) is 57.2 Å². The van der Waals surface area contributed by atoms with Gasteiger partial charge in [-0.25, -0.2) is 13.1 Å².